The van der Waals surface area contributed by atoms with Gasteiger partial charge in [0.2, 0.25) is 0 Å². The molecule has 0 heterocycles. The molecule has 0 bridgehead atoms. The van der Waals surface area contributed by atoms with Crippen molar-refractivity contribution in [3.63, 3.8) is 0 Å². The largest absolute Gasteiger partial charge is 0.480 e. The molecule has 2 N–H and O–H groups in total. The first kappa shape index (κ1) is 16.4. The highest BCUT2D eigenvalue weighted by Crippen LogP contribution is 2.03. The molecule has 0 amide bonds. The summed E-state index contributed by atoms with van der Waals surface area (Å²) in [5, 5.41) is 12.1. The van der Waals surface area contributed by atoms with Crippen LogP contribution in [0.25, 0.3) is 0 Å². The van der Waals surface area contributed by atoms with E-state index in [-0.39, 0.29) is 6.04 Å². The molecule has 0 saturated heterocycles. The summed E-state index contributed by atoms with van der Waals surface area (Å²) in [5.74, 6) is -0.0579. The smallest absolute Gasteiger partial charge is 0.320 e. The summed E-state index contributed by atoms with van der Waals surface area (Å²) in [6.07, 6.45) is 1.81. The summed E-state index contributed by atoms with van der Waals surface area (Å²) < 4.78 is 0. The Bertz CT molecular complexity index is 217. The van der Waals surface area contributed by atoms with Crippen LogP contribution in [-0.2, 0) is 4.79 Å². The van der Waals surface area contributed by atoms with Crippen molar-refractivity contribution >= 4 is 5.97 Å². The van der Waals surface area contributed by atoms with Crippen LogP contribution in [0, 0.1) is 5.92 Å². The van der Waals surface area contributed by atoms with E-state index in [4.69, 9.17) is 5.11 Å². The van der Waals surface area contributed by atoms with Gasteiger partial charge < -0.3 is 15.3 Å². The van der Waals surface area contributed by atoms with Crippen LogP contribution in [0.3, 0.4) is 0 Å². The van der Waals surface area contributed by atoms with Crippen LogP contribution >= 0.6 is 0 Å². The lowest BCUT2D eigenvalue weighted by atomic mass is 10.1. The monoisotopic (exact) mass is 244 g/mol. The number of hydrogen-bond acceptors (Lipinski definition) is 3. The summed E-state index contributed by atoms with van der Waals surface area (Å²) in [6, 6.07) is -0.228. The van der Waals surface area contributed by atoms with Gasteiger partial charge in [0, 0.05) is 6.04 Å². The van der Waals surface area contributed by atoms with Crippen molar-refractivity contribution in [3.8, 4) is 0 Å². The fourth-order valence-electron chi connectivity index (χ4n) is 1.62. The number of aliphatic carboxylic acids is 1. The lowest BCUT2D eigenvalue weighted by Crippen LogP contribution is -2.42. The zero-order valence-electron chi connectivity index (χ0n) is 11.9. The molecule has 0 aliphatic rings. The molecule has 1 atom stereocenters. The highest BCUT2D eigenvalue weighted by atomic mass is 16.4. The fraction of sp³-hybridized carbons (Fsp3) is 0.923. The van der Waals surface area contributed by atoms with Crippen molar-refractivity contribution in [2.45, 2.75) is 52.6 Å². The van der Waals surface area contributed by atoms with Gasteiger partial charge in [0.15, 0.2) is 0 Å². The minimum atomic E-state index is -0.754. The molecule has 0 saturated carbocycles. The van der Waals surface area contributed by atoms with Crippen LogP contribution < -0.4 is 5.32 Å². The van der Waals surface area contributed by atoms with E-state index in [0.29, 0.717) is 12.3 Å². The average Bonchev–Trinajstić information content (AvgIpc) is 2.20. The minimum absolute atomic E-state index is 0.206. The summed E-state index contributed by atoms with van der Waals surface area (Å²) in [6.45, 7) is 10.2. The van der Waals surface area contributed by atoms with E-state index in [1.807, 2.05) is 13.8 Å². The maximum absolute atomic E-state index is 11.0. The Morgan fingerprint density at radius 1 is 1.18 bits per heavy atom. The summed E-state index contributed by atoms with van der Waals surface area (Å²) in [5.41, 5.74) is 0. The molecule has 0 aromatic rings. The standard InChI is InChI=1S/C13H28N2O2/c1-10(2)6-8-15(5)9-7-12(13(16)17)14-11(3)4/h10-12,14H,6-9H2,1-5H3,(H,16,17). The van der Waals surface area contributed by atoms with Crippen molar-refractivity contribution in [1.82, 2.24) is 10.2 Å². The molecule has 4 heteroatoms. The first-order chi connectivity index (χ1) is 7.82. The predicted molar refractivity (Wildman–Crippen MR) is 71.3 cm³/mol. The lowest BCUT2D eigenvalue weighted by molar-refractivity contribution is -0.139. The van der Waals surface area contributed by atoms with Crippen LogP contribution in [0.4, 0.5) is 0 Å². The van der Waals surface area contributed by atoms with Crippen LogP contribution in [0.5, 0.6) is 0 Å². The van der Waals surface area contributed by atoms with E-state index in [1.165, 1.54) is 0 Å². The second-order valence-electron chi connectivity index (χ2n) is 5.49. The van der Waals surface area contributed by atoms with Crippen molar-refractivity contribution in [1.29, 1.82) is 0 Å². The van der Waals surface area contributed by atoms with Crippen LogP contribution in [0.15, 0.2) is 0 Å². The van der Waals surface area contributed by atoms with Gasteiger partial charge in [-0.05, 0) is 38.9 Å². The quantitative estimate of drug-likeness (QED) is 0.649. The van der Waals surface area contributed by atoms with E-state index in [2.05, 4.69) is 31.1 Å². The van der Waals surface area contributed by atoms with Gasteiger partial charge in [-0.1, -0.05) is 27.7 Å². The molecular formula is C13H28N2O2. The molecule has 0 fully saturated rings. The van der Waals surface area contributed by atoms with Crippen LogP contribution in [0.1, 0.15) is 40.5 Å². The molecule has 17 heavy (non-hydrogen) atoms. The van der Waals surface area contributed by atoms with E-state index >= 15 is 0 Å². The Kier molecular flexibility index (Phi) is 8.17. The number of nitrogens with one attached hydrogen (secondary N) is 1. The Morgan fingerprint density at radius 2 is 1.71 bits per heavy atom. The van der Waals surface area contributed by atoms with Gasteiger partial charge in [-0.2, -0.15) is 0 Å². The summed E-state index contributed by atoms with van der Waals surface area (Å²) >= 11 is 0. The van der Waals surface area contributed by atoms with Gasteiger partial charge in [-0.15, -0.1) is 0 Å². The average molecular weight is 244 g/mol. The van der Waals surface area contributed by atoms with Gasteiger partial charge in [-0.25, -0.2) is 0 Å². The molecule has 102 valence electrons. The van der Waals surface area contributed by atoms with Crippen LogP contribution in [-0.4, -0.2) is 48.2 Å². The number of carboxylic acid groups (broad SMARTS) is 1. The molecular weight excluding hydrogens is 216 g/mol. The molecule has 0 aliphatic carbocycles. The van der Waals surface area contributed by atoms with Crippen LogP contribution in [0.2, 0.25) is 0 Å². The van der Waals surface area contributed by atoms with E-state index in [1.54, 1.807) is 0 Å². The molecule has 1 unspecified atom stereocenters. The molecule has 0 radical (unpaired) electrons. The normalized spacial score (nSPS) is 13.6. The van der Waals surface area contributed by atoms with Gasteiger partial charge in [-0.3, -0.25) is 4.79 Å². The minimum Gasteiger partial charge on any atom is -0.480 e. The predicted octanol–water partition coefficient (Wildman–Crippen LogP) is 1.81. The van der Waals surface area contributed by atoms with Crippen molar-refractivity contribution in [2.75, 3.05) is 20.1 Å². The van der Waals surface area contributed by atoms with Gasteiger partial charge in [0.25, 0.3) is 0 Å². The zero-order valence-corrected chi connectivity index (χ0v) is 11.9. The first-order valence-electron chi connectivity index (χ1n) is 6.50. The molecule has 0 aliphatic heterocycles. The molecule has 0 aromatic heterocycles. The zero-order chi connectivity index (χ0) is 13.4. The highest BCUT2D eigenvalue weighted by Gasteiger charge is 2.18. The van der Waals surface area contributed by atoms with Gasteiger partial charge in [0.1, 0.15) is 6.04 Å². The third kappa shape index (κ3) is 9.12. The SMILES string of the molecule is CC(C)CCN(C)CCC(NC(C)C)C(=O)O. The van der Waals surface area contributed by atoms with Crippen molar-refractivity contribution in [3.05, 3.63) is 0 Å². The highest BCUT2D eigenvalue weighted by molar-refractivity contribution is 5.73. The molecule has 0 rings (SSSR count). The van der Waals surface area contributed by atoms with Gasteiger partial charge in [0.05, 0.1) is 0 Å². The second kappa shape index (κ2) is 8.48. The molecule has 4 nitrogen and oxygen atoms in total. The Morgan fingerprint density at radius 3 is 2.12 bits per heavy atom. The number of hydrogen-bond donors (Lipinski definition) is 2. The third-order valence-electron chi connectivity index (χ3n) is 2.72. The van der Waals surface area contributed by atoms with E-state index in [0.717, 1.165) is 19.5 Å². The number of carbonyl (C=O) groups is 1. The summed E-state index contributed by atoms with van der Waals surface area (Å²) in [7, 11) is 2.05. The van der Waals surface area contributed by atoms with Gasteiger partial charge >= 0.3 is 5.97 Å². The fourth-order valence-corrected chi connectivity index (χ4v) is 1.62. The Balaban J connectivity index is 3.91. The Labute approximate surface area is 105 Å². The number of rotatable bonds is 9. The Hall–Kier alpha value is -0.610. The lowest BCUT2D eigenvalue weighted by Gasteiger charge is -2.22. The van der Waals surface area contributed by atoms with E-state index < -0.39 is 12.0 Å². The van der Waals surface area contributed by atoms with Crippen molar-refractivity contribution < 1.29 is 9.90 Å². The van der Waals surface area contributed by atoms with E-state index in [9.17, 15) is 4.79 Å². The number of nitrogens with zero attached hydrogens (tertiary/aromatic N) is 1. The maximum atomic E-state index is 11.0. The van der Waals surface area contributed by atoms with Crippen molar-refractivity contribution in [2.24, 2.45) is 5.92 Å². The topological polar surface area (TPSA) is 52.6 Å². The first-order valence-corrected chi connectivity index (χ1v) is 6.50. The summed E-state index contributed by atoms with van der Waals surface area (Å²) in [4.78, 5) is 13.2. The number of carboxylic acids is 1. The third-order valence-corrected chi connectivity index (χ3v) is 2.72. The maximum Gasteiger partial charge on any atom is 0.320 e. The second-order valence-corrected chi connectivity index (χ2v) is 5.49. The molecule has 0 spiro atoms. The molecule has 0 aromatic carbocycles.